The van der Waals surface area contributed by atoms with Gasteiger partial charge in [0.05, 0.1) is 0 Å². The minimum absolute atomic E-state index is 0.492. The molecule has 0 aromatic heterocycles. The van der Waals surface area contributed by atoms with Gasteiger partial charge in [0, 0.05) is 0 Å². The molecular weight excluding hydrogens is 276 g/mol. The highest BCUT2D eigenvalue weighted by Crippen LogP contribution is 2.48. The van der Waals surface area contributed by atoms with Crippen LogP contribution in [0.25, 0.3) is 0 Å². The summed E-state index contributed by atoms with van der Waals surface area (Å²) in [6.45, 7) is 4.63. The average Bonchev–Trinajstić information content (AvgIpc) is 2.63. The Kier molecular flexibility index (Phi) is 5.83. The molecule has 3 rings (SSSR count). The molecule has 0 bridgehead atoms. The van der Waals surface area contributed by atoms with Gasteiger partial charge in [-0.2, -0.15) is 0 Å². The fraction of sp³-hybridized carbons (Fsp3) is 0.739. The number of benzene rings is 1. The molecule has 0 spiro atoms. The van der Waals surface area contributed by atoms with Crippen LogP contribution in [-0.4, -0.2) is 0 Å². The van der Waals surface area contributed by atoms with Crippen molar-refractivity contribution in [3.05, 3.63) is 35.4 Å². The van der Waals surface area contributed by atoms with Crippen LogP contribution in [0.3, 0.4) is 0 Å². The zero-order chi connectivity index (χ0) is 16.1. The molecule has 0 aliphatic heterocycles. The van der Waals surface area contributed by atoms with Gasteiger partial charge in [-0.05, 0) is 66.9 Å². The summed E-state index contributed by atoms with van der Waals surface area (Å²) in [7, 11) is 0. The summed E-state index contributed by atoms with van der Waals surface area (Å²) in [5, 5.41) is 0. The first kappa shape index (κ1) is 17.1. The lowest BCUT2D eigenvalue weighted by atomic mass is 9.61. The molecule has 0 amide bonds. The number of hydrogen-bond donors (Lipinski definition) is 0. The second kappa shape index (κ2) is 7.86. The molecule has 0 heterocycles. The summed E-state index contributed by atoms with van der Waals surface area (Å²) in [6.07, 6.45) is 17.3. The maximum absolute atomic E-state index is 2.45. The van der Waals surface area contributed by atoms with Gasteiger partial charge < -0.3 is 0 Å². The summed E-state index contributed by atoms with van der Waals surface area (Å²) in [5.74, 6) is 2.10. The molecule has 2 aliphatic carbocycles. The van der Waals surface area contributed by atoms with Crippen LogP contribution in [0.2, 0.25) is 0 Å². The van der Waals surface area contributed by atoms with E-state index < -0.39 is 0 Å². The molecule has 2 fully saturated rings. The van der Waals surface area contributed by atoms with Crippen LogP contribution in [0, 0.1) is 11.8 Å². The molecule has 0 nitrogen and oxygen atoms in total. The van der Waals surface area contributed by atoms with Crippen molar-refractivity contribution >= 4 is 0 Å². The molecule has 128 valence electrons. The zero-order valence-corrected chi connectivity index (χ0v) is 15.4. The number of rotatable bonds is 5. The standard InChI is InChI=1S/C23H36/c1-3-16-23(22-12-10-19(4-2)11-13-22)17-14-21(15-18-23)20-8-6-5-7-9-20/h10-13,20-21H,3-9,14-18H2,1-2H3. The second-order valence-corrected chi connectivity index (χ2v) is 8.32. The van der Waals surface area contributed by atoms with Gasteiger partial charge in [-0.15, -0.1) is 0 Å². The number of hydrogen-bond acceptors (Lipinski definition) is 0. The molecule has 1 aromatic carbocycles. The molecule has 1 aromatic rings. The Bertz CT molecular complexity index is 455. The van der Waals surface area contributed by atoms with Crippen molar-refractivity contribution in [1.82, 2.24) is 0 Å². The Morgan fingerprint density at radius 3 is 2.00 bits per heavy atom. The Morgan fingerprint density at radius 1 is 0.826 bits per heavy atom. The minimum Gasteiger partial charge on any atom is -0.0654 e. The topological polar surface area (TPSA) is 0 Å². The summed E-state index contributed by atoms with van der Waals surface area (Å²) >= 11 is 0. The highest BCUT2D eigenvalue weighted by atomic mass is 14.4. The molecule has 0 atom stereocenters. The van der Waals surface area contributed by atoms with Crippen molar-refractivity contribution in [2.24, 2.45) is 11.8 Å². The lowest BCUT2D eigenvalue weighted by molar-refractivity contribution is 0.142. The van der Waals surface area contributed by atoms with Crippen LogP contribution in [-0.2, 0) is 11.8 Å². The third-order valence-electron chi connectivity index (χ3n) is 7.01. The van der Waals surface area contributed by atoms with Crippen molar-refractivity contribution in [2.75, 3.05) is 0 Å². The molecule has 2 aliphatic rings. The van der Waals surface area contributed by atoms with Gasteiger partial charge in [0.25, 0.3) is 0 Å². The first-order valence-corrected chi connectivity index (χ1v) is 10.4. The second-order valence-electron chi connectivity index (χ2n) is 8.32. The molecule has 2 saturated carbocycles. The fourth-order valence-corrected chi connectivity index (χ4v) is 5.53. The Hall–Kier alpha value is -0.780. The maximum Gasteiger partial charge on any atom is -0.00469 e. The molecule has 0 saturated heterocycles. The van der Waals surface area contributed by atoms with Gasteiger partial charge in [0.1, 0.15) is 0 Å². The van der Waals surface area contributed by atoms with Crippen LogP contribution < -0.4 is 0 Å². The van der Waals surface area contributed by atoms with E-state index in [1.54, 1.807) is 5.56 Å². The predicted molar refractivity (Wildman–Crippen MR) is 101 cm³/mol. The van der Waals surface area contributed by atoms with E-state index in [2.05, 4.69) is 38.1 Å². The van der Waals surface area contributed by atoms with Crippen molar-refractivity contribution in [3.63, 3.8) is 0 Å². The van der Waals surface area contributed by atoms with Gasteiger partial charge >= 0.3 is 0 Å². The molecular formula is C23H36. The van der Waals surface area contributed by atoms with E-state index >= 15 is 0 Å². The number of aryl methyl sites for hydroxylation is 1. The molecule has 0 N–H and O–H groups in total. The Morgan fingerprint density at radius 2 is 1.43 bits per heavy atom. The van der Waals surface area contributed by atoms with Gasteiger partial charge in [-0.1, -0.05) is 76.6 Å². The summed E-state index contributed by atoms with van der Waals surface area (Å²) < 4.78 is 0. The third kappa shape index (κ3) is 3.83. The predicted octanol–water partition coefficient (Wildman–Crippen LogP) is 7.06. The van der Waals surface area contributed by atoms with E-state index in [4.69, 9.17) is 0 Å². The maximum atomic E-state index is 2.45. The summed E-state index contributed by atoms with van der Waals surface area (Å²) in [4.78, 5) is 0. The monoisotopic (exact) mass is 312 g/mol. The normalized spacial score (nSPS) is 29.6. The van der Waals surface area contributed by atoms with E-state index in [0.717, 1.165) is 18.3 Å². The van der Waals surface area contributed by atoms with Gasteiger partial charge in [-0.25, -0.2) is 0 Å². The first-order valence-electron chi connectivity index (χ1n) is 10.4. The fourth-order valence-electron chi connectivity index (χ4n) is 5.53. The largest absolute Gasteiger partial charge is 0.0654 e. The Balaban J connectivity index is 1.69. The van der Waals surface area contributed by atoms with Crippen LogP contribution in [0.5, 0.6) is 0 Å². The zero-order valence-electron chi connectivity index (χ0n) is 15.4. The van der Waals surface area contributed by atoms with E-state index in [1.807, 2.05) is 0 Å². The van der Waals surface area contributed by atoms with Crippen molar-refractivity contribution in [2.45, 2.75) is 96.3 Å². The lowest BCUT2D eigenvalue weighted by Gasteiger charge is -2.44. The average molecular weight is 313 g/mol. The van der Waals surface area contributed by atoms with Crippen LogP contribution in [0.4, 0.5) is 0 Å². The SMILES string of the molecule is CCCC1(c2ccc(CC)cc2)CCC(C2CCCCC2)CC1. The van der Waals surface area contributed by atoms with E-state index in [1.165, 1.54) is 76.2 Å². The van der Waals surface area contributed by atoms with Gasteiger partial charge in [-0.3, -0.25) is 0 Å². The molecule has 0 radical (unpaired) electrons. The van der Waals surface area contributed by atoms with Crippen LogP contribution in [0.1, 0.15) is 95.6 Å². The molecule has 0 heteroatoms. The van der Waals surface area contributed by atoms with E-state index in [0.29, 0.717) is 5.41 Å². The van der Waals surface area contributed by atoms with Crippen molar-refractivity contribution in [1.29, 1.82) is 0 Å². The highest BCUT2D eigenvalue weighted by Gasteiger charge is 2.38. The summed E-state index contributed by atoms with van der Waals surface area (Å²) in [6, 6.07) is 9.66. The van der Waals surface area contributed by atoms with Crippen molar-refractivity contribution in [3.8, 4) is 0 Å². The summed E-state index contributed by atoms with van der Waals surface area (Å²) in [5.41, 5.74) is 3.61. The van der Waals surface area contributed by atoms with Crippen LogP contribution >= 0.6 is 0 Å². The third-order valence-corrected chi connectivity index (χ3v) is 7.01. The molecule has 23 heavy (non-hydrogen) atoms. The van der Waals surface area contributed by atoms with E-state index in [-0.39, 0.29) is 0 Å². The van der Waals surface area contributed by atoms with Gasteiger partial charge in [0.15, 0.2) is 0 Å². The quantitative estimate of drug-likeness (QED) is 0.546. The first-order chi connectivity index (χ1) is 11.3. The Labute approximate surface area is 144 Å². The van der Waals surface area contributed by atoms with E-state index in [9.17, 15) is 0 Å². The smallest absolute Gasteiger partial charge is 0.00469 e. The minimum atomic E-state index is 0.492. The highest BCUT2D eigenvalue weighted by molar-refractivity contribution is 5.30. The van der Waals surface area contributed by atoms with Gasteiger partial charge in [0.2, 0.25) is 0 Å². The van der Waals surface area contributed by atoms with Crippen molar-refractivity contribution < 1.29 is 0 Å². The van der Waals surface area contributed by atoms with Crippen LogP contribution in [0.15, 0.2) is 24.3 Å². The molecule has 0 unspecified atom stereocenters. The lowest BCUT2D eigenvalue weighted by Crippen LogP contribution is -2.34.